The number of piperazine rings is 1. The number of nitrogens with one attached hydrogen (secondary N) is 1. The molecule has 0 unspecified atom stereocenters. The molecule has 1 N–H and O–H groups in total. The molecular formula is C27H28N6. The van der Waals surface area contributed by atoms with Crippen LogP contribution in [0.15, 0.2) is 66.6 Å². The lowest BCUT2D eigenvalue weighted by Gasteiger charge is -2.35. The highest BCUT2D eigenvalue weighted by Crippen LogP contribution is 2.29. The van der Waals surface area contributed by atoms with E-state index in [-0.39, 0.29) is 0 Å². The molecule has 166 valence electrons. The predicted octanol–water partition coefficient (Wildman–Crippen LogP) is 4.81. The lowest BCUT2D eigenvalue weighted by molar-refractivity contribution is 0.247. The Kier molecular flexibility index (Phi) is 5.15. The van der Waals surface area contributed by atoms with Crippen LogP contribution in [0.3, 0.4) is 0 Å². The summed E-state index contributed by atoms with van der Waals surface area (Å²) in [5.74, 6) is 1.81. The average Bonchev–Trinajstić information content (AvgIpc) is 3.57. The van der Waals surface area contributed by atoms with Crippen LogP contribution in [0.5, 0.6) is 0 Å². The number of hydrogen-bond donors (Lipinski definition) is 1. The van der Waals surface area contributed by atoms with Gasteiger partial charge in [-0.1, -0.05) is 18.7 Å². The number of nitrogens with zero attached hydrogens (tertiary/aromatic N) is 5. The summed E-state index contributed by atoms with van der Waals surface area (Å²) in [6.45, 7) is 8.59. The Labute approximate surface area is 194 Å². The van der Waals surface area contributed by atoms with Gasteiger partial charge in [0.15, 0.2) is 0 Å². The van der Waals surface area contributed by atoms with Crippen LogP contribution < -0.4 is 10.2 Å². The maximum atomic E-state index is 4.63. The standard InChI is InChI=1S/C27H28N6/c1-19(20-7-9-29-27(16-20)33-12-10-32(11-13-33)25-4-5-25)31-26-15-24-14-21(23-6-8-28-17-23)2-3-22(24)18-30-26/h2-3,7-9,14-18,25H,1,4-6,10-13H2,(H,30,31). The van der Waals surface area contributed by atoms with E-state index in [1.165, 1.54) is 24.0 Å². The molecule has 2 fully saturated rings. The van der Waals surface area contributed by atoms with Crippen molar-refractivity contribution in [3.8, 4) is 0 Å². The fourth-order valence-corrected chi connectivity index (χ4v) is 4.71. The van der Waals surface area contributed by atoms with Crippen molar-refractivity contribution in [1.82, 2.24) is 14.9 Å². The second kappa shape index (κ2) is 8.45. The van der Waals surface area contributed by atoms with Crippen LogP contribution in [-0.2, 0) is 0 Å². The van der Waals surface area contributed by atoms with E-state index in [4.69, 9.17) is 0 Å². The van der Waals surface area contributed by atoms with Gasteiger partial charge in [0.25, 0.3) is 0 Å². The number of aliphatic imine (C=N–C) groups is 1. The summed E-state index contributed by atoms with van der Waals surface area (Å²) in [6, 6.07) is 13.5. The number of benzene rings is 1. The van der Waals surface area contributed by atoms with Gasteiger partial charge in [-0.25, -0.2) is 9.97 Å². The molecule has 4 heterocycles. The average molecular weight is 437 g/mol. The molecule has 6 rings (SSSR count). The maximum Gasteiger partial charge on any atom is 0.130 e. The summed E-state index contributed by atoms with van der Waals surface area (Å²) < 4.78 is 0. The fraction of sp³-hybridized carbons (Fsp3) is 0.296. The highest BCUT2D eigenvalue weighted by Gasteiger charge is 2.31. The molecule has 33 heavy (non-hydrogen) atoms. The zero-order valence-electron chi connectivity index (χ0n) is 18.7. The van der Waals surface area contributed by atoms with E-state index in [0.717, 1.165) is 72.3 Å². The molecule has 0 spiro atoms. The molecule has 1 saturated heterocycles. The predicted molar refractivity (Wildman–Crippen MR) is 137 cm³/mol. The van der Waals surface area contributed by atoms with Gasteiger partial charge in [-0.2, -0.15) is 0 Å². The van der Waals surface area contributed by atoms with Crippen molar-refractivity contribution < 1.29 is 0 Å². The van der Waals surface area contributed by atoms with E-state index in [2.05, 4.69) is 67.0 Å². The van der Waals surface area contributed by atoms with Gasteiger partial charge in [0.2, 0.25) is 0 Å². The molecule has 3 aromatic rings. The lowest BCUT2D eigenvalue weighted by atomic mass is 10.0. The molecule has 2 aromatic heterocycles. The molecule has 6 heteroatoms. The molecule has 3 aliphatic rings. The van der Waals surface area contributed by atoms with Crippen LogP contribution in [0.25, 0.3) is 22.0 Å². The monoisotopic (exact) mass is 436 g/mol. The first-order valence-electron chi connectivity index (χ1n) is 11.8. The third-order valence-corrected chi connectivity index (χ3v) is 6.81. The Balaban J connectivity index is 1.17. The van der Waals surface area contributed by atoms with Gasteiger partial charge < -0.3 is 10.2 Å². The number of hydrogen-bond acceptors (Lipinski definition) is 6. The first kappa shape index (κ1) is 20.1. The summed E-state index contributed by atoms with van der Waals surface area (Å²) in [6.07, 6.45) is 11.3. The molecule has 1 aliphatic carbocycles. The molecule has 0 bridgehead atoms. The number of aromatic nitrogens is 2. The van der Waals surface area contributed by atoms with Crippen LogP contribution in [0.2, 0.25) is 0 Å². The number of pyridine rings is 2. The van der Waals surface area contributed by atoms with Crippen molar-refractivity contribution in [2.75, 3.05) is 36.4 Å². The van der Waals surface area contributed by atoms with Crippen LogP contribution >= 0.6 is 0 Å². The van der Waals surface area contributed by atoms with E-state index >= 15 is 0 Å². The van der Waals surface area contributed by atoms with Crippen molar-refractivity contribution in [2.45, 2.75) is 25.3 Å². The largest absolute Gasteiger partial charge is 0.354 e. The quantitative estimate of drug-likeness (QED) is 0.601. The third-order valence-electron chi connectivity index (χ3n) is 6.81. The number of fused-ring (bicyclic) bond motifs is 1. The zero-order chi connectivity index (χ0) is 22.2. The van der Waals surface area contributed by atoms with Crippen molar-refractivity contribution in [3.63, 3.8) is 0 Å². The summed E-state index contributed by atoms with van der Waals surface area (Å²) in [5.41, 5.74) is 4.31. The molecule has 2 aliphatic heterocycles. The third kappa shape index (κ3) is 4.26. The van der Waals surface area contributed by atoms with Crippen molar-refractivity contribution >= 4 is 39.9 Å². The Morgan fingerprint density at radius 1 is 0.970 bits per heavy atom. The van der Waals surface area contributed by atoms with Crippen molar-refractivity contribution in [1.29, 1.82) is 0 Å². The number of rotatable bonds is 6. The topological polar surface area (TPSA) is 56.7 Å². The van der Waals surface area contributed by atoms with Crippen LogP contribution in [0.4, 0.5) is 11.6 Å². The Morgan fingerprint density at radius 2 is 1.85 bits per heavy atom. The smallest absolute Gasteiger partial charge is 0.130 e. The van der Waals surface area contributed by atoms with Gasteiger partial charge in [0.05, 0.1) is 0 Å². The molecular weight excluding hydrogens is 408 g/mol. The highest BCUT2D eigenvalue weighted by atomic mass is 15.3. The summed E-state index contributed by atoms with van der Waals surface area (Å²) in [7, 11) is 0. The van der Waals surface area contributed by atoms with Crippen LogP contribution in [-0.4, -0.2) is 53.3 Å². The van der Waals surface area contributed by atoms with Crippen molar-refractivity contribution in [3.05, 3.63) is 72.7 Å². The second-order valence-corrected chi connectivity index (χ2v) is 9.08. The maximum absolute atomic E-state index is 4.63. The second-order valence-electron chi connectivity index (χ2n) is 9.08. The van der Waals surface area contributed by atoms with Crippen LogP contribution in [0, 0.1) is 0 Å². The summed E-state index contributed by atoms with van der Waals surface area (Å²) >= 11 is 0. The molecule has 6 nitrogen and oxygen atoms in total. The Bertz CT molecular complexity index is 1260. The minimum absolute atomic E-state index is 0.790. The van der Waals surface area contributed by atoms with Gasteiger partial charge in [-0.3, -0.25) is 9.89 Å². The van der Waals surface area contributed by atoms with E-state index < -0.39 is 0 Å². The molecule has 0 radical (unpaired) electrons. The van der Waals surface area contributed by atoms with Gasteiger partial charge in [0, 0.05) is 80.1 Å². The van der Waals surface area contributed by atoms with Gasteiger partial charge in [-0.05, 0) is 53.6 Å². The SMILES string of the molecule is C=C(Nc1cc2cc(C3=CN=CC3)ccc2cn1)c1ccnc(N2CCN(C3CC3)CC2)c1. The zero-order valence-corrected chi connectivity index (χ0v) is 18.7. The summed E-state index contributed by atoms with van der Waals surface area (Å²) in [5, 5.41) is 5.66. The summed E-state index contributed by atoms with van der Waals surface area (Å²) in [4.78, 5) is 18.5. The molecule has 1 aromatic carbocycles. The van der Waals surface area contributed by atoms with Crippen LogP contribution in [0.1, 0.15) is 30.4 Å². The van der Waals surface area contributed by atoms with E-state index in [9.17, 15) is 0 Å². The minimum atomic E-state index is 0.790. The number of anilines is 2. The molecule has 1 saturated carbocycles. The molecule has 0 atom stereocenters. The molecule has 0 amide bonds. The van der Waals surface area contributed by atoms with E-state index in [1.54, 1.807) is 0 Å². The first-order chi connectivity index (χ1) is 16.2. The van der Waals surface area contributed by atoms with Crippen molar-refractivity contribution in [2.24, 2.45) is 4.99 Å². The van der Waals surface area contributed by atoms with Gasteiger partial charge in [-0.15, -0.1) is 0 Å². The van der Waals surface area contributed by atoms with E-state index in [1.807, 2.05) is 30.9 Å². The normalized spacial score (nSPS) is 18.5. The lowest BCUT2D eigenvalue weighted by Crippen LogP contribution is -2.47. The Hall–Kier alpha value is -3.51. The Morgan fingerprint density at radius 3 is 2.64 bits per heavy atom. The van der Waals surface area contributed by atoms with Gasteiger partial charge >= 0.3 is 0 Å². The number of allylic oxidation sites excluding steroid dienone is 1. The minimum Gasteiger partial charge on any atom is -0.354 e. The van der Waals surface area contributed by atoms with Gasteiger partial charge in [0.1, 0.15) is 11.6 Å². The first-order valence-corrected chi connectivity index (χ1v) is 11.8. The fourth-order valence-electron chi connectivity index (χ4n) is 4.71. The van der Waals surface area contributed by atoms with E-state index in [0.29, 0.717) is 0 Å². The highest BCUT2D eigenvalue weighted by molar-refractivity contribution is 5.91.